The first-order valence-electron chi connectivity index (χ1n) is 6.04. The smallest absolute Gasteiger partial charge is 0.338 e. The Hall–Kier alpha value is -0.860. The van der Waals surface area contributed by atoms with E-state index in [4.69, 9.17) is 28.3 Å². The maximum atomic E-state index is 12.2. The Morgan fingerprint density at radius 2 is 1.95 bits per heavy atom. The van der Waals surface area contributed by atoms with Crippen LogP contribution < -0.4 is 4.72 Å². The molecular formula is C12H13Cl2NO5S. The number of aliphatic hydroxyl groups excluding tert-OH is 1. The number of benzene rings is 1. The number of sulfonamides is 1. The zero-order valence-electron chi connectivity index (χ0n) is 10.8. The molecule has 9 heteroatoms. The molecule has 0 unspecified atom stereocenters. The van der Waals surface area contributed by atoms with Gasteiger partial charge in [-0.05, 0) is 25.0 Å². The van der Waals surface area contributed by atoms with Gasteiger partial charge in [-0.3, -0.25) is 0 Å². The topological polar surface area (TPSA) is 104 Å². The number of carboxylic acid groups (broad SMARTS) is 1. The number of hydrogen-bond donors (Lipinski definition) is 3. The Balaban J connectivity index is 2.32. The van der Waals surface area contributed by atoms with Crippen LogP contribution in [0.2, 0.25) is 10.0 Å². The van der Waals surface area contributed by atoms with Crippen LogP contribution in [0.15, 0.2) is 17.0 Å². The van der Waals surface area contributed by atoms with Crippen LogP contribution in [0.25, 0.3) is 0 Å². The van der Waals surface area contributed by atoms with E-state index in [2.05, 4.69) is 4.72 Å². The van der Waals surface area contributed by atoms with Gasteiger partial charge in [0.2, 0.25) is 10.0 Å². The fraction of sp³-hybridized carbons (Fsp3) is 0.417. The standard InChI is InChI=1S/C12H13Cl2NO5S/c13-7-1-2-8(10(14)9(7)11(17)18)21(19,20)15-5-12(6-16)3-4-12/h1-2,15-16H,3-6H2,(H,17,18). The van der Waals surface area contributed by atoms with Crippen LogP contribution in [0.5, 0.6) is 0 Å². The number of nitrogens with one attached hydrogen (secondary N) is 1. The van der Waals surface area contributed by atoms with Gasteiger partial charge in [0.1, 0.15) is 4.90 Å². The average Bonchev–Trinajstić information content (AvgIpc) is 3.16. The lowest BCUT2D eigenvalue weighted by molar-refractivity contribution is 0.0697. The summed E-state index contributed by atoms with van der Waals surface area (Å²) < 4.78 is 26.8. The van der Waals surface area contributed by atoms with E-state index in [-0.39, 0.29) is 23.1 Å². The van der Waals surface area contributed by atoms with E-state index in [0.29, 0.717) is 0 Å². The zero-order valence-corrected chi connectivity index (χ0v) is 13.1. The van der Waals surface area contributed by atoms with Gasteiger partial charge in [0.05, 0.1) is 15.6 Å². The molecule has 1 fully saturated rings. The molecule has 0 aromatic heterocycles. The van der Waals surface area contributed by atoms with Gasteiger partial charge < -0.3 is 10.2 Å². The van der Waals surface area contributed by atoms with E-state index in [0.717, 1.165) is 18.9 Å². The lowest BCUT2D eigenvalue weighted by Gasteiger charge is -2.14. The molecular weight excluding hydrogens is 341 g/mol. The van der Waals surface area contributed by atoms with Crippen molar-refractivity contribution in [1.82, 2.24) is 4.72 Å². The van der Waals surface area contributed by atoms with Crippen molar-refractivity contribution in [2.75, 3.05) is 13.2 Å². The Labute approximate surface area is 131 Å². The summed E-state index contributed by atoms with van der Waals surface area (Å²) in [6, 6.07) is 2.32. The summed E-state index contributed by atoms with van der Waals surface area (Å²) in [4.78, 5) is 10.7. The molecule has 0 radical (unpaired) electrons. The van der Waals surface area contributed by atoms with Crippen molar-refractivity contribution in [3.05, 3.63) is 27.7 Å². The second-order valence-electron chi connectivity index (χ2n) is 5.02. The molecule has 1 aromatic rings. The first kappa shape index (κ1) is 16.5. The molecule has 1 saturated carbocycles. The van der Waals surface area contributed by atoms with Gasteiger partial charge in [0.25, 0.3) is 0 Å². The molecule has 0 aliphatic heterocycles. The van der Waals surface area contributed by atoms with Crippen LogP contribution in [0.1, 0.15) is 23.2 Å². The first-order chi connectivity index (χ1) is 9.72. The molecule has 6 nitrogen and oxygen atoms in total. The number of aliphatic hydroxyl groups is 1. The Kier molecular flexibility index (Phi) is 4.51. The number of halogens is 2. The molecule has 116 valence electrons. The summed E-state index contributed by atoms with van der Waals surface area (Å²) in [6.45, 7) is -0.0303. The minimum atomic E-state index is -3.98. The van der Waals surface area contributed by atoms with Crippen molar-refractivity contribution < 1.29 is 23.4 Å². The van der Waals surface area contributed by atoms with Crippen molar-refractivity contribution >= 4 is 39.2 Å². The van der Waals surface area contributed by atoms with Crippen LogP contribution in [0.3, 0.4) is 0 Å². The number of carboxylic acids is 1. The van der Waals surface area contributed by atoms with E-state index < -0.39 is 32.0 Å². The van der Waals surface area contributed by atoms with E-state index in [1.54, 1.807) is 0 Å². The fourth-order valence-electron chi connectivity index (χ4n) is 1.83. The number of carbonyl (C=O) groups is 1. The predicted molar refractivity (Wildman–Crippen MR) is 77.4 cm³/mol. The molecule has 0 bridgehead atoms. The highest BCUT2D eigenvalue weighted by molar-refractivity contribution is 7.89. The third-order valence-electron chi connectivity index (χ3n) is 3.49. The van der Waals surface area contributed by atoms with E-state index >= 15 is 0 Å². The Bertz CT molecular complexity index is 685. The van der Waals surface area contributed by atoms with Gasteiger partial charge in [-0.2, -0.15) is 0 Å². The number of aromatic carboxylic acids is 1. The Morgan fingerprint density at radius 3 is 2.43 bits per heavy atom. The summed E-state index contributed by atoms with van der Waals surface area (Å²) >= 11 is 11.6. The number of rotatable bonds is 6. The summed E-state index contributed by atoms with van der Waals surface area (Å²) in [5.41, 5.74) is -0.869. The summed E-state index contributed by atoms with van der Waals surface area (Å²) in [6.07, 6.45) is 1.47. The van der Waals surface area contributed by atoms with Crippen molar-refractivity contribution in [3.8, 4) is 0 Å². The third kappa shape index (κ3) is 3.32. The van der Waals surface area contributed by atoms with Gasteiger partial charge in [0, 0.05) is 18.6 Å². The summed E-state index contributed by atoms with van der Waals surface area (Å²) in [5.74, 6) is -1.41. The second kappa shape index (κ2) is 5.73. The third-order valence-corrected chi connectivity index (χ3v) is 5.75. The fourth-order valence-corrected chi connectivity index (χ4v) is 3.90. The van der Waals surface area contributed by atoms with Gasteiger partial charge in [-0.25, -0.2) is 17.9 Å². The molecule has 1 aliphatic rings. The quantitative estimate of drug-likeness (QED) is 0.722. The molecule has 3 N–H and O–H groups in total. The molecule has 21 heavy (non-hydrogen) atoms. The molecule has 0 spiro atoms. The lowest BCUT2D eigenvalue weighted by atomic mass is 10.1. The highest BCUT2D eigenvalue weighted by Crippen LogP contribution is 2.44. The Morgan fingerprint density at radius 1 is 1.33 bits per heavy atom. The first-order valence-corrected chi connectivity index (χ1v) is 8.28. The van der Waals surface area contributed by atoms with Gasteiger partial charge >= 0.3 is 5.97 Å². The van der Waals surface area contributed by atoms with Crippen molar-refractivity contribution in [2.24, 2.45) is 5.41 Å². The maximum absolute atomic E-state index is 12.2. The SMILES string of the molecule is O=C(O)c1c(Cl)ccc(S(=O)(=O)NCC2(CO)CC2)c1Cl. The number of hydrogen-bond acceptors (Lipinski definition) is 4. The van der Waals surface area contributed by atoms with Gasteiger partial charge in [0.15, 0.2) is 0 Å². The van der Waals surface area contributed by atoms with Crippen LogP contribution in [0.4, 0.5) is 0 Å². The van der Waals surface area contributed by atoms with E-state index in [1.807, 2.05) is 0 Å². The second-order valence-corrected chi connectivity index (χ2v) is 7.54. The summed E-state index contributed by atoms with van der Waals surface area (Å²) in [5, 5.41) is 17.6. The highest BCUT2D eigenvalue weighted by atomic mass is 35.5. The average molecular weight is 354 g/mol. The molecule has 0 saturated heterocycles. The maximum Gasteiger partial charge on any atom is 0.338 e. The summed E-state index contributed by atoms with van der Waals surface area (Å²) in [7, 11) is -3.98. The van der Waals surface area contributed by atoms with Crippen LogP contribution in [-0.2, 0) is 10.0 Å². The molecule has 0 amide bonds. The minimum absolute atomic E-state index is 0.0766. The zero-order chi connectivity index (χ0) is 15.8. The van der Waals surface area contributed by atoms with Crippen LogP contribution >= 0.6 is 23.2 Å². The largest absolute Gasteiger partial charge is 0.478 e. The van der Waals surface area contributed by atoms with Gasteiger partial charge in [-0.15, -0.1) is 0 Å². The normalized spacial score (nSPS) is 16.7. The van der Waals surface area contributed by atoms with Crippen molar-refractivity contribution in [2.45, 2.75) is 17.7 Å². The van der Waals surface area contributed by atoms with Crippen molar-refractivity contribution in [1.29, 1.82) is 0 Å². The van der Waals surface area contributed by atoms with Crippen LogP contribution in [0, 0.1) is 5.41 Å². The molecule has 1 aromatic carbocycles. The van der Waals surface area contributed by atoms with E-state index in [1.165, 1.54) is 6.07 Å². The van der Waals surface area contributed by atoms with Gasteiger partial charge in [-0.1, -0.05) is 23.2 Å². The highest BCUT2D eigenvalue weighted by Gasteiger charge is 2.42. The predicted octanol–water partition coefficient (Wildman–Crippen LogP) is 1.74. The van der Waals surface area contributed by atoms with E-state index in [9.17, 15) is 18.3 Å². The van der Waals surface area contributed by atoms with Crippen LogP contribution in [-0.4, -0.2) is 37.8 Å². The molecule has 2 rings (SSSR count). The molecule has 0 atom stereocenters. The minimum Gasteiger partial charge on any atom is -0.478 e. The monoisotopic (exact) mass is 353 g/mol. The molecule has 1 aliphatic carbocycles. The lowest BCUT2D eigenvalue weighted by Crippen LogP contribution is -2.32. The van der Waals surface area contributed by atoms with Crippen molar-refractivity contribution in [3.63, 3.8) is 0 Å². The molecule has 0 heterocycles.